The van der Waals surface area contributed by atoms with Crippen LogP contribution in [0.1, 0.15) is 12.6 Å². The third-order valence-corrected chi connectivity index (χ3v) is 5.39. The summed E-state index contributed by atoms with van der Waals surface area (Å²) < 4.78 is 16.5. The van der Waals surface area contributed by atoms with Crippen molar-refractivity contribution in [1.29, 1.82) is 0 Å². The van der Waals surface area contributed by atoms with Crippen LogP contribution in [0.5, 0.6) is 0 Å². The molecule has 0 aliphatic carbocycles. The Bertz CT molecular complexity index is 821. The van der Waals surface area contributed by atoms with Crippen molar-refractivity contribution in [2.45, 2.75) is 13.3 Å². The van der Waals surface area contributed by atoms with Gasteiger partial charge in [0.2, 0.25) is 5.95 Å². The fraction of sp³-hybridized carbons (Fsp3) is 0.143. The fourth-order valence-electron chi connectivity index (χ4n) is 2.44. The van der Waals surface area contributed by atoms with Gasteiger partial charge in [-0.3, -0.25) is 3.97 Å². The highest BCUT2D eigenvalue weighted by Gasteiger charge is 2.19. The van der Waals surface area contributed by atoms with E-state index in [2.05, 4.69) is 58.0 Å². The molecule has 3 aromatic rings. The van der Waals surface area contributed by atoms with Gasteiger partial charge >= 0.3 is 0 Å². The first-order valence-electron chi connectivity index (χ1n) is 6.25. The molecular weight excluding hydrogens is 468 g/mol. The third-order valence-electron chi connectivity index (χ3n) is 3.25. The molecule has 108 valence electrons. The van der Waals surface area contributed by atoms with Gasteiger partial charge in [-0.1, -0.05) is 6.92 Å². The van der Waals surface area contributed by atoms with Crippen LogP contribution in [0.4, 0.5) is 4.39 Å². The monoisotopic (exact) mass is 477 g/mol. The van der Waals surface area contributed by atoms with Crippen LogP contribution in [0, 0.1) is 5.95 Å². The molecule has 0 radical (unpaired) electrons. The average molecular weight is 478 g/mol. The molecule has 0 atom stereocenters. The highest BCUT2D eigenvalue weighted by Crippen LogP contribution is 2.39. The highest BCUT2D eigenvalue weighted by atomic mass is 127. The van der Waals surface area contributed by atoms with Crippen LogP contribution in [0.2, 0.25) is 0 Å². The lowest BCUT2D eigenvalue weighted by Crippen LogP contribution is -1.93. The van der Waals surface area contributed by atoms with E-state index in [0.717, 1.165) is 38.7 Å². The number of hydrogen-bond acceptors (Lipinski definition) is 3. The quantitative estimate of drug-likeness (QED) is 0.373. The molecule has 0 fully saturated rings. The van der Waals surface area contributed by atoms with Crippen LogP contribution in [0.15, 0.2) is 35.1 Å². The average Bonchev–Trinajstić information content (AvgIpc) is 2.79. The summed E-state index contributed by atoms with van der Waals surface area (Å²) in [6.45, 7) is 2.09. The molecule has 0 unspecified atom stereocenters. The Hall–Kier alpha value is -0.670. The molecule has 3 rings (SSSR count). The van der Waals surface area contributed by atoms with E-state index < -0.39 is 5.95 Å². The summed E-state index contributed by atoms with van der Waals surface area (Å²) in [6, 6.07) is 5.33. The number of rotatable bonds is 3. The Morgan fingerprint density at radius 1 is 1.38 bits per heavy atom. The van der Waals surface area contributed by atoms with Gasteiger partial charge in [0.25, 0.3) is 0 Å². The van der Waals surface area contributed by atoms with Crippen LogP contribution in [0.3, 0.4) is 0 Å². The zero-order valence-electron chi connectivity index (χ0n) is 11.0. The summed E-state index contributed by atoms with van der Waals surface area (Å²) in [6.07, 6.45) is 4.11. The fourth-order valence-corrected chi connectivity index (χ4v) is 4.56. The number of hydrogen-bond donors (Lipinski definition) is 0. The number of fused-ring (bicyclic) bond motifs is 1. The van der Waals surface area contributed by atoms with Crippen LogP contribution in [-0.4, -0.2) is 13.9 Å². The summed E-state index contributed by atoms with van der Waals surface area (Å²) in [7, 11) is 1.57. The van der Waals surface area contributed by atoms with Crippen LogP contribution < -0.4 is 0 Å². The molecule has 7 heteroatoms. The molecule has 0 saturated heterocycles. The van der Waals surface area contributed by atoms with Gasteiger partial charge in [0, 0.05) is 69.9 Å². The molecule has 0 N–H and O–H groups in total. The predicted octanol–water partition coefficient (Wildman–Crippen LogP) is 5.41. The van der Waals surface area contributed by atoms with Gasteiger partial charge in [-0.25, -0.2) is 9.97 Å². The minimum Gasteiger partial charge on any atom is -0.262 e. The molecule has 0 aromatic carbocycles. The summed E-state index contributed by atoms with van der Waals surface area (Å²) in [5, 5.41) is 1.01. The van der Waals surface area contributed by atoms with Crippen molar-refractivity contribution in [2.75, 3.05) is 0 Å². The summed E-state index contributed by atoms with van der Waals surface area (Å²) in [5.74, 6) is -0.472. The van der Waals surface area contributed by atoms with Crippen LogP contribution in [-0.2, 0) is 6.42 Å². The number of halogens is 3. The van der Waals surface area contributed by atoms with Crippen molar-refractivity contribution in [3.05, 3.63) is 46.7 Å². The summed E-state index contributed by atoms with van der Waals surface area (Å²) in [5.41, 5.74) is 3.86. The van der Waals surface area contributed by atoms with Gasteiger partial charge in [0.05, 0.1) is 0 Å². The largest absolute Gasteiger partial charge is 0.262 e. The van der Waals surface area contributed by atoms with Gasteiger partial charge < -0.3 is 0 Å². The molecule has 3 aromatic heterocycles. The predicted molar refractivity (Wildman–Crippen MR) is 97.0 cm³/mol. The van der Waals surface area contributed by atoms with E-state index in [0.29, 0.717) is 0 Å². The van der Waals surface area contributed by atoms with Crippen LogP contribution >= 0.6 is 46.3 Å². The Morgan fingerprint density at radius 2 is 2.19 bits per heavy atom. The van der Waals surface area contributed by atoms with Gasteiger partial charge in [-0.15, -0.1) is 0 Å². The lowest BCUT2D eigenvalue weighted by Gasteiger charge is -2.06. The Balaban J connectivity index is 2.42. The number of nitrogens with zero attached hydrogens (tertiary/aromatic N) is 3. The molecule has 0 amide bonds. The van der Waals surface area contributed by atoms with Crippen molar-refractivity contribution in [3.8, 4) is 11.1 Å². The maximum atomic E-state index is 13.5. The van der Waals surface area contributed by atoms with E-state index in [4.69, 9.17) is 0 Å². The molecule has 3 nitrogen and oxygen atoms in total. The number of pyridine rings is 2. The molecule has 0 bridgehead atoms. The Morgan fingerprint density at radius 3 is 2.86 bits per heavy atom. The third kappa shape index (κ3) is 2.70. The lowest BCUT2D eigenvalue weighted by molar-refractivity contribution is 0.584. The minimum atomic E-state index is -0.472. The summed E-state index contributed by atoms with van der Waals surface area (Å²) >= 11 is 5.70. The SMILES string of the molecule is CCc1c(-c2ccnc(F)c2)c2cc(Br)cnc2n1SI. The van der Waals surface area contributed by atoms with E-state index in [1.165, 1.54) is 12.3 Å². The second-order valence-electron chi connectivity index (χ2n) is 4.43. The molecule has 0 aliphatic heterocycles. The molecule has 21 heavy (non-hydrogen) atoms. The van der Waals surface area contributed by atoms with E-state index in [1.54, 1.807) is 15.3 Å². The van der Waals surface area contributed by atoms with E-state index in [-0.39, 0.29) is 0 Å². The molecule has 3 heterocycles. The first kappa shape index (κ1) is 15.2. The lowest BCUT2D eigenvalue weighted by atomic mass is 10.0. The highest BCUT2D eigenvalue weighted by molar-refractivity contribution is 14.2. The van der Waals surface area contributed by atoms with Gasteiger partial charge in [-0.2, -0.15) is 4.39 Å². The second-order valence-corrected chi connectivity index (χ2v) is 7.03. The van der Waals surface area contributed by atoms with Crippen molar-refractivity contribution in [2.24, 2.45) is 0 Å². The Kier molecular flexibility index (Phi) is 4.51. The standard InChI is InChI=1S/C14H10BrFIN3S/c1-2-11-13(8-3-4-18-12(16)5-8)10-6-9(15)7-19-14(10)20(11)21-17/h3-7H,2H2,1H3. The maximum Gasteiger partial charge on any atom is 0.213 e. The molecule has 0 spiro atoms. The zero-order valence-corrected chi connectivity index (χ0v) is 15.5. The molecule has 0 saturated carbocycles. The van der Waals surface area contributed by atoms with Crippen molar-refractivity contribution >= 4 is 57.3 Å². The minimum absolute atomic E-state index is 0.472. The zero-order chi connectivity index (χ0) is 15.0. The first-order valence-corrected chi connectivity index (χ1v) is 10.4. The number of aromatic nitrogens is 3. The van der Waals surface area contributed by atoms with Gasteiger partial charge in [0.1, 0.15) is 0 Å². The topological polar surface area (TPSA) is 30.7 Å². The summed E-state index contributed by atoms with van der Waals surface area (Å²) in [4.78, 5) is 8.15. The van der Waals surface area contributed by atoms with Crippen molar-refractivity contribution in [1.82, 2.24) is 13.9 Å². The van der Waals surface area contributed by atoms with E-state index in [9.17, 15) is 4.39 Å². The van der Waals surface area contributed by atoms with Gasteiger partial charge in [0.15, 0.2) is 5.65 Å². The van der Waals surface area contributed by atoms with E-state index >= 15 is 0 Å². The molecule has 0 aliphatic rings. The Labute approximate surface area is 146 Å². The molecular formula is C14H10BrFIN3S. The van der Waals surface area contributed by atoms with E-state index in [1.807, 2.05) is 12.1 Å². The van der Waals surface area contributed by atoms with Gasteiger partial charge in [-0.05, 0) is 40.0 Å². The van der Waals surface area contributed by atoms with Crippen molar-refractivity contribution < 1.29 is 4.39 Å². The first-order chi connectivity index (χ1) is 10.2. The maximum absolute atomic E-state index is 13.5. The second kappa shape index (κ2) is 6.21. The smallest absolute Gasteiger partial charge is 0.213 e. The van der Waals surface area contributed by atoms with Crippen molar-refractivity contribution in [3.63, 3.8) is 0 Å². The van der Waals surface area contributed by atoms with Crippen LogP contribution in [0.25, 0.3) is 22.2 Å². The normalized spacial score (nSPS) is 11.2.